The van der Waals surface area contributed by atoms with Crippen molar-refractivity contribution in [1.29, 1.82) is 0 Å². The molecule has 3 rings (SSSR count). The number of guanidine groups is 1. The van der Waals surface area contributed by atoms with E-state index in [-0.39, 0.29) is 5.84 Å². The molecule has 0 saturated carbocycles. The van der Waals surface area contributed by atoms with Crippen LogP contribution in [0.3, 0.4) is 0 Å². The SMILES string of the molecule is CN(C)P1(N(C)C)=NC(NN(c2ccccc2)c2ccccc2)=NC(C(Cl)(Cl)Cl)=N1. The van der Waals surface area contributed by atoms with E-state index in [9.17, 15) is 0 Å². The summed E-state index contributed by atoms with van der Waals surface area (Å²) < 4.78 is 11.6. The van der Waals surface area contributed by atoms with Crippen LogP contribution in [0.2, 0.25) is 0 Å². The highest BCUT2D eigenvalue weighted by molar-refractivity contribution is 7.60. The first-order valence-electron chi connectivity index (χ1n) is 9.04. The maximum absolute atomic E-state index is 6.18. The second kappa shape index (κ2) is 9.27. The van der Waals surface area contributed by atoms with Crippen molar-refractivity contribution in [1.82, 2.24) is 14.8 Å². The molecule has 7 nitrogen and oxygen atoms in total. The Bertz CT molecular complexity index is 935. The lowest BCUT2D eigenvalue weighted by Gasteiger charge is -2.36. The van der Waals surface area contributed by atoms with Crippen molar-refractivity contribution in [2.75, 3.05) is 33.2 Å². The molecule has 0 aliphatic carbocycles. The monoisotopic (exact) mass is 485 g/mol. The van der Waals surface area contributed by atoms with Gasteiger partial charge in [0.15, 0.2) is 5.84 Å². The molecule has 2 aromatic carbocycles. The molecule has 0 fully saturated rings. The van der Waals surface area contributed by atoms with Crippen molar-refractivity contribution in [3.8, 4) is 0 Å². The quantitative estimate of drug-likeness (QED) is 0.343. The predicted octanol–water partition coefficient (Wildman–Crippen LogP) is 5.54. The van der Waals surface area contributed by atoms with Gasteiger partial charge < -0.3 is 0 Å². The number of rotatable bonds is 5. The average Bonchev–Trinajstić information content (AvgIpc) is 2.72. The number of aliphatic imine (C=N–C) groups is 1. The van der Waals surface area contributed by atoms with Crippen molar-refractivity contribution < 1.29 is 0 Å². The Morgan fingerprint density at radius 1 is 0.800 bits per heavy atom. The molecule has 0 radical (unpaired) electrons. The second-order valence-electron chi connectivity index (χ2n) is 6.81. The number of benzene rings is 2. The number of anilines is 2. The molecule has 1 aliphatic heterocycles. The second-order valence-corrected chi connectivity index (χ2v) is 12.2. The Kier molecular flexibility index (Phi) is 7.13. The van der Waals surface area contributed by atoms with E-state index in [1.54, 1.807) is 0 Å². The Morgan fingerprint density at radius 3 is 1.67 bits per heavy atom. The van der Waals surface area contributed by atoms with Gasteiger partial charge in [-0.2, -0.15) is 14.5 Å². The first kappa shape index (κ1) is 23.1. The highest BCUT2D eigenvalue weighted by Gasteiger charge is 2.37. The highest BCUT2D eigenvalue weighted by atomic mass is 35.6. The van der Waals surface area contributed by atoms with Gasteiger partial charge in [-0.1, -0.05) is 71.2 Å². The normalized spacial score (nSPS) is 16.0. The van der Waals surface area contributed by atoms with E-state index in [1.165, 1.54) is 0 Å². The van der Waals surface area contributed by atoms with Crippen LogP contribution in [-0.2, 0) is 0 Å². The van der Waals surface area contributed by atoms with Gasteiger partial charge in [-0.3, -0.25) is 10.4 Å². The number of amidine groups is 1. The fraction of sp³-hybridized carbons (Fsp3) is 0.263. The molecule has 0 amide bonds. The van der Waals surface area contributed by atoms with E-state index in [0.717, 1.165) is 11.4 Å². The minimum absolute atomic E-state index is 0.0850. The van der Waals surface area contributed by atoms with Crippen LogP contribution in [0.5, 0.6) is 0 Å². The lowest BCUT2D eigenvalue weighted by molar-refractivity contribution is 0.560. The largest absolute Gasteiger partial charge is 0.261 e. The smallest absolute Gasteiger partial charge is 0.250 e. The molecule has 0 spiro atoms. The van der Waals surface area contributed by atoms with E-state index in [2.05, 4.69) is 15.2 Å². The third-order valence-corrected chi connectivity index (χ3v) is 7.81. The van der Waals surface area contributed by atoms with Gasteiger partial charge in [0.25, 0.3) is 0 Å². The third-order valence-electron chi connectivity index (χ3n) is 4.24. The van der Waals surface area contributed by atoms with E-state index in [1.807, 2.05) is 103 Å². The summed E-state index contributed by atoms with van der Waals surface area (Å²) in [6, 6.07) is 19.7. The molecule has 160 valence electrons. The number of nitrogens with one attached hydrogen (secondary N) is 1. The van der Waals surface area contributed by atoms with Crippen molar-refractivity contribution in [2.24, 2.45) is 14.5 Å². The van der Waals surface area contributed by atoms with E-state index in [4.69, 9.17) is 39.5 Å². The van der Waals surface area contributed by atoms with E-state index >= 15 is 0 Å². The molecule has 11 heteroatoms. The number of halogens is 3. The minimum Gasteiger partial charge on any atom is -0.261 e. The molecule has 1 N–H and O–H groups in total. The molecular formula is C19H23Cl3N7P. The maximum Gasteiger partial charge on any atom is 0.250 e. The molecule has 0 saturated heterocycles. The Hall–Kier alpha value is -1.60. The van der Waals surface area contributed by atoms with Gasteiger partial charge >= 0.3 is 0 Å². The van der Waals surface area contributed by atoms with Gasteiger partial charge in [0.1, 0.15) is 0 Å². The fourth-order valence-electron chi connectivity index (χ4n) is 2.84. The molecule has 1 heterocycles. The molecule has 0 aromatic heterocycles. The van der Waals surface area contributed by atoms with Crippen LogP contribution in [0.15, 0.2) is 75.2 Å². The van der Waals surface area contributed by atoms with Crippen LogP contribution < -0.4 is 10.4 Å². The summed E-state index contributed by atoms with van der Waals surface area (Å²) in [5.41, 5.74) is 5.09. The molecular weight excluding hydrogens is 464 g/mol. The Labute approximate surface area is 192 Å². The van der Waals surface area contributed by atoms with Gasteiger partial charge in [-0.05, 0) is 52.5 Å². The van der Waals surface area contributed by atoms with Crippen molar-refractivity contribution >= 4 is 65.5 Å². The predicted molar refractivity (Wildman–Crippen MR) is 130 cm³/mol. The topological polar surface area (TPSA) is 58.8 Å². The Morgan fingerprint density at radius 2 is 1.27 bits per heavy atom. The maximum atomic E-state index is 6.18. The van der Waals surface area contributed by atoms with Crippen LogP contribution in [0.25, 0.3) is 0 Å². The molecule has 0 atom stereocenters. The van der Waals surface area contributed by atoms with Crippen molar-refractivity contribution in [2.45, 2.75) is 3.79 Å². The number of hydrogen-bond donors (Lipinski definition) is 1. The lowest BCUT2D eigenvalue weighted by atomic mass is 10.2. The molecule has 0 bridgehead atoms. The zero-order valence-electron chi connectivity index (χ0n) is 17.0. The molecule has 2 aromatic rings. The number of para-hydroxylation sites is 2. The number of nitrogens with zero attached hydrogens (tertiary/aromatic N) is 6. The fourth-order valence-corrected chi connectivity index (χ4v) is 5.54. The summed E-state index contributed by atoms with van der Waals surface area (Å²) >= 11 is 18.5. The average molecular weight is 487 g/mol. The van der Waals surface area contributed by atoms with E-state index < -0.39 is 11.3 Å². The first-order valence-corrected chi connectivity index (χ1v) is 11.8. The van der Waals surface area contributed by atoms with Gasteiger partial charge in [-0.25, -0.2) is 9.34 Å². The standard InChI is InChI=1S/C19H23Cl3N7P/c1-27(2)30(28(3)4)25-17(19(20,21)22)23-18(26-30)24-29(15-11-7-5-8-12-15)16-13-9-6-10-14-16/h5-14H,1-4H3,(H,23,24,25). The zero-order valence-corrected chi connectivity index (χ0v) is 20.2. The van der Waals surface area contributed by atoms with Crippen LogP contribution in [0.4, 0.5) is 11.4 Å². The van der Waals surface area contributed by atoms with Crippen LogP contribution in [0.1, 0.15) is 0 Å². The summed E-state index contributed by atoms with van der Waals surface area (Å²) in [7, 11) is 5.00. The summed E-state index contributed by atoms with van der Waals surface area (Å²) in [5.74, 6) is 0.386. The van der Waals surface area contributed by atoms with Gasteiger partial charge in [0.05, 0.1) is 11.4 Å². The first-order chi connectivity index (χ1) is 14.1. The lowest BCUT2D eigenvalue weighted by Crippen LogP contribution is -2.41. The molecule has 1 aliphatic rings. The number of hydrogen-bond acceptors (Lipinski definition) is 7. The van der Waals surface area contributed by atoms with Gasteiger partial charge in [0.2, 0.25) is 17.3 Å². The Balaban J connectivity index is 2.13. The zero-order chi connectivity index (χ0) is 21.9. The van der Waals surface area contributed by atoms with Crippen molar-refractivity contribution in [3.63, 3.8) is 0 Å². The van der Waals surface area contributed by atoms with Crippen LogP contribution in [-0.4, -0.2) is 53.1 Å². The van der Waals surface area contributed by atoms with Crippen LogP contribution in [0, 0.1) is 0 Å². The summed E-state index contributed by atoms with van der Waals surface area (Å²) in [4.78, 5) is 4.43. The highest BCUT2D eigenvalue weighted by Crippen LogP contribution is 2.57. The minimum atomic E-state index is -2.58. The number of hydrazine groups is 1. The van der Waals surface area contributed by atoms with E-state index in [0.29, 0.717) is 5.96 Å². The van der Waals surface area contributed by atoms with Crippen molar-refractivity contribution in [3.05, 3.63) is 60.7 Å². The molecule has 30 heavy (non-hydrogen) atoms. The summed E-state index contributed by atoms with van der Waals surface area (Å²) in [6.45, 7) is 0. The van der Waals surface area contributed by atoms with Crippen LogP contribution >= 0.6 is 42.3 Å². The molecule has 0 unspecified atom stereocenters. The van der Waals surface area contributed by atoms with Gasteiger partial charge in [0, 0.05) is 0 Å². The van der Waals surface area contributed by atoms with Gasteiger partial charge in [-0.15, -0.1) is 0 Å². The number of alkyl halides is 3. The third kappa shape index (κ3) is 4.99. The summed E-state index contributed by atoms with van der Waals surface area (Å²) in [6.07, 6.45) is 0. The summed E-state index contributed by atoms with van der Waals surface area (Å²) in [5, 5.41) is 1.88.